The maximum absolute atomic E-state index is 11.8. The SMILES string of the molecule is CCOC(=O)c1ccc2c(c1)CCC(CNC[C@@H](O)c1cccc(Cl)c1)O2. The number of aliphatic hydroxyl groups excluding tert-OH is 1. The molecular formula is C21H24ClNO4. The van der Waals surface area contributed by atoms with E-state index in [0.29, 0.717) is 30.3 Å². The Morgan fingerprint density at radius 1 is 1.37 bits per heavy atom. The molecule has 0 saturated carbocycles. The van der Waals surface area contributed by atoms with E-state index < -0.39 is 6.10 Å². The average molecular weight is 390 g/mol. The molecule has 6 heteroatoms. The van der Waals surface area contributed by atoms with Gasteiger partial charge in [0.15, 0.2) is 0 Å². The Balaban J connectivity index is 1.50. The molecular weight excluding hydrogens is 366 g/mol. The van der Waals surface area contributed by atoms with Crippen molar-refractivity contribution in [1.82, 2.24) is 5.32 Å². The second-order valence-electron chi connectivity index (χ2n) is 6.55. The molecule has 1 aliphatic rings. The van der Waals surface area contributed by atoms with Crippen molar-refractivity contribution in [2.45, 2.75) is 32.0 Å². The molecule has 0 aromatic heterocycles. The van der Waals surface area contributed by atoms with Crippen LogP contribution >= 0.6 is 11.6 Å². The van der Waals surface area contributed by atoms with E-state index in [-0.39, 0.29) is 12.1 Å². The third-order valence-corrected chi connectivity index (χ3v) is 4.78. The Bertz CT molecular complexity index is 796. The second-order valence-corrected chi connectivity index (χ2v) is 6.99. The Morgan fingerprint density at radius 3 is 3.00 bits per heavy atom. The molecule has 1 unspecified atom stereocenters. The number of hydrogen-bond donors (Lipinski definition) is 2. The van der Waals surface area contributed by atoms with Gasteiger partial charge in [-0.05, 0) is 61.2 Å². The van der Waals surface area contributed by atoms with Gasteiger partial charge in [0.25, 0.3) is 0 Å². The molecule has 0 saturated heterocycles. The Hall–Kier alpha value is -2.08. The fourth-order valence-electron chi connectivity index (χ4n) is 3.14. The van der Waals surface area contributed by atoms with Crippen molar-refractivity contribution >= 4 is 17.6 Å². The predicted octanol–water partition coefficient (Wildman–Crippen LogP) is 3.53. The molecule has 1 heterocycles. The number of carbonyl (C=O) groups excluding carboxylic acids is 1. The maximum atomic E-state index is 11.8. The summed E-state index contributed by atoms with van der Waals surface area (Å²) in [6.07, 6.45) is 1.09. The van der Waals surface area contributed by atoms with Crippen LogP contribution in [0.5, 0.6) is 5.75 Å². The molecule has 0 aliphatic carbocycles. The number of ether oxygens (including phenoxy) is 2. The van der Waals surface area contributed by atoms with Gasteiger partial charge < -0.3 is 19.9 Å². The van der Waals surface area contributed by atoms with Crippen LogP contribution < -0.4 is 10.1 Å². The monoisotopic (exact) mass is 389 g/mol. The van der Waals surface area contributed by atoms with Crippen molar-refractivity contribution in [3.8, 4) is 5.75 Å². The second kappa shape index (κ2) is 9.22. The lowest BCUT2D eigenvalue weighted by atomic mass is 10.00. The van der Waals surface area contributed by atoms with Crippen LogP contribution in [0.4, 0.5) is 0 Å². The molecule has 0 radical (unpaired) electrons. The molecule has 0 bridgehead atoms. The van der Waals surface area contributed by atoms with Crippen LogP contribution in [0.1, 0.15) is 40.9 Å². The van der Waals surface area contributed by atoms with Gasteiger partial charge in [-0.25, -0.2) is 4.79 Å². The number of carbonyl (C=O) groups is 1. The summed E-state index contributed by atoms with van der Waals surface area (Å²) in [5.74, 6) is 0.496. The third kappa shape index (κ3) is 5.22. The molecule has 2 aromatic rings. The summed E-state index contributed by atoms with van der Waals surface area (Å²) < 4.78 is 11.1. The zero-order chi connectivity index (χ0) is 19.2. The van der Waals surface area contributed by atoms with Gasteiger partial charge in [0.05, 0.1) is 18.3 Å². The summed E-state index contributed by atoms with van der Waals surface area (Å²) in [7, 11) is 0. The van der Waals surface area contributed by atoms with E-state index in [2.05, 4.69) is 5.32 Å². The van der Waals surface area contributed by atoms with E-state index in [1.807, 2.05) is 24.3 Å². The Morgan fingerprint density at radius 2 is 2.22 bits per heavy atom. The van der Waals surface area contributed by atoms with Gasteiger partial charge >= 0.3 is 5.97 Å². The van der Waals surface area contributed by atoms with Crippen molar-refractivity contribution in [1.29, 1.82) is 0 Å². The van der Waals surface area contributed by atoms with Gasteiger partial charge in [-0.15, -0.1) is 0 Å². The molecule has 0 spiro atoms. The average Bonchev–Trinajstić information content (AvgIpc) is 2.67. The summed E-state index contributed by atoms with van der Waals surface area (Å²) in [6.45, 7) is 3.22. The Kier molecular flexibility index (Phi) is 6.72. The quantitative estimate of drug-likeness (QED) is 0.709. The molecule has 0 fully saturated rings. The van der Waals surface area contributed by atoms with Gasteiger partial charge in [0, 0.05) is 18.1 Å². The van der Waals surface area contributed by atoms with Crippen molar-refractivity contribution in [2.75, 3.05) is 19.7 Å². The summed E-state index contributed by atoms with van der Waals surface area (Å²) in [5, 5.41) is 14.1. The minimum atomic E-state index is -0.619. The van der Waals surface area contributed by atoms with Crippen molar-refractivity contribution in [3.05, 3.63) is 64.2 Å². The highest BCUT2D eigenvalue weighted by Gasteiger charge is 2.21. The van der Waals surface area contributed by atoms with E-state index in [4.69, 9.17) is 21.1 Å². The number of nitrogens with one attached hydrogen (secondary N) is 1. The first-order valence-corrected chi connectivity index (χ1v) is 9.55. The highest BCUT2D eigenvalue weighted by molar-refractivity contribution is 6.30. The lowest BCUT2D eigenvalue weighted by molar-refractivity contribution is 0.0526. The molecule has 27 heavy (non-hydrogen) atoms. The fraction of sp³-hybridized carbons (Fsp3) is 0.381. The molecule has 2 aromatic carbocycles. The number of halogens is 1. The topological polar surface area (TPSA) is 67.8 Å². The van der Waals surface area contributed by atoms with Gasteiger partial charge in [-0.1, -0.05) is 23.7 Å². The standard InChI is InChI=1S/C21H24ClNO4/c1-2-26-21(25)16-7-9-20-15(10-16)6-8-18(27-20)12-23-13-19(24)14-4-3-5-17(22)11-14/h3-5,7,9-11,18-19,23-24H,2,6,8,12-13H2,1H3/t18?,19-/m1/s1. The lowest BCUT2D eigenvalue weighted by Gasteiger charge is -2.27. The number of aliphatic hydroxyl groups is 1. The van der Waals surface area contributed by atoms with E-state index in [9.17, 15) is 9.90 Å². The first kappa shape index (κ1) is 19.7. The summed E-state index contributed by atoms with van der Waals surface area (Å²) in [6, 6.07) is 12.6. The molecule has 144 valence electrons. The normalized spacial score (nSPS) is 16.9. The van der Waals surface area contributed by atoms with E-state index >= 15 is 0 Å². The van der Waals surface area contributed by atoms with Crippen LogP contribution in [-0.2, 0) is 11.2 Å². The first-order valence-electron chi connectivity index (χ1n) is 9.17. The first-order chi connectivity index (χ1) is 13.1. The molecule has 3 rings (SSSR count). The van der Waals surface area contributed by atoms with Crippen molar-refractivity contribution in [2.24, 2.45) is 0 Å². The van der Waals surface area contributed by atoms with Crippen LogP contribution in [0.3, 0.4) is 0 Å². The number of benzene rings is 2. The van der Waals surface area contributed by atoms with Crippen molar-refractivity contribution in [3.63, 3.8) is 0 Å². The molecule has 2 atom stereocenters. The number of fused-ring (bicyclic) bond motifs is 1. The van der Waals surface area contributed by atoms with Crippen LogP contribution in [0, 0.1) is 0 Å². The zero-order valence-electron chi connectivity index (χ0n) is 15.3. The third-order valence-electron chi connectivity index (χ3n) is 4.54. The van der Waals surface area contributed by atoms with Gasteiger partial charge in [0.2, 0.25) is 0 Å². The highest BCUT2D eigenvalue weighted by Crippen LogP contribution is 2.28. The minimum absolute atomic E-state index is 0.0255. The van der Waals surface area contributed by atoms with Crippen LogP contribution in [0.15, 0.2) is 42.5 Å². The zero-order valence-corrected chi connectivity index (χ0v) is 16.0. The molecule has 5 nitrogen and oxygen atoms in total. The largest absolute Gasteiger partial charge is 0.489 e. The Labute approximate surface area is 164 Å². The maximum Gasteiger partial charge on any atom is 0.338 e. The van der Waals surface area contributed by atoms with Crippen LogP contribution in [0.25, 0.3) is 0 Å². The number of rotatable bonds is 7. The fourth-order valence-corrected chi connectivity index (χ4v) is 3.34. The summed E-state index contributed by atoms with van der Waals surface area (Å²) in [4.78, 5) is 11.8. The summed E-state index contributed by atoms with van der Waals surface area (Å²) >= 11 is 5.96. The number of hydrogen-bond acceptors (Lipinski definition) is 5. The molecule has 2 N–H and O–H groups in total. The number of aryl methyl sites for hydroxylation is 1. The van der Waals surface area contributed by atoms with Gasteiger partial charge in [-0.3, -0.25) is 0 Å². The van der Waals surface area contributed by atoms with E-state index in [1.54, 1.807) is 25.1 Å². The smallest absolute Gasteiger partial charge is 0.338 e. The van der Waals surface area contributed by atoms with Gasteiger partial charge in [0.1, 0.15) is 11.9 Å². The molecule has 1 aliphatic heterocycles. The van der Waals surface area contributed by atoms with Gasteiger partial charge in [-0.2, -0.15) is 0 Å². The van der Waals surface area contributed by atoms with Crippen LogP contribution in [-0.4, -0.2) is 36.9 Å². The van der Waals surface area contributed by atoms with E-state index in [0.717, 1.165) is 29.7 Å². The predicted molar refractivity (Wildman–Crippen MR) is 104 cm³/mol. The molecule has 0 amide bonds. The van der Waals surface area contributed by atoms with Crippen LogP contribution in [0.2, 0.25) is 5.02 Å². The minimum Gasteiger partial charge on any atom is -0.489 e. The lowest BCUT2D eigenvalue weighted by Crippen LogP contribution is -2.36. The highest BCUT2D eigenvalue weighted by atomic mass is 35.5. The van der Waals surface area contributed by atoms with E-state index in [1.165, 1.54) is 0 Å². The van der Waals surface area contributed by atoms with Crippen molar-refractivity contribution < 1.29 is 19.4 Å². The number of esters is 1. The summed E-state index contributed by atoms with van der Waals surface area (Å²) in [5.41, 5.74) is 2.37.